The van der Waals surface area contributed by atoms with Gasteiger partial charge in [-0.15, -0.1) is 15.6 Å². The van der Waals surface area contributed by atoms with Crippen LogP contribution in [0.2, 0.25) is 0 Å². The number of hydrogen-bond donors (Lipinski definition) is 5. The van der Waals surface area contributed by atoms with Crippen molar-refractivity contribution in [2.45, 2.75) is 45.3 Å². The molecule has 4 heterocycles. The number of thiazole rings is 1. The first kappa shape index (κ1) is 38.5. The highest BCUT2D eigenvalue weighted by atomic mass is 32.3. The lowest BCUT2D eigenvalue weighted by Crippen LogP contribution is -2.75. The summed E-state index contributed by atoms with van der Waals surface area (Å²) < 4.78 is 42.8. The number of rotatable bonds is 14. The average Bonchev–Trinajstić information content (AvgIpc) is 3.67. The van der Waals surface area contributed by atoms with Gasteiger partial charge < -0.3 is 31.5 Å². The largest absolute Gasteiger partial charge is 0.484 e. The van der Waals surface area contributed by atoms with E-state index in [-0.39, 0.29) is 6.47 Å². The molecule has 21 heteroatoms. The number of ether oxygens (including phenoxy) is 1. The quantitative estimate of drug-likeness (QED) is 0.0276. The van der Waals surface area contributed by atoms with Crippen LogP contribution in [0, 0.1) is 0 Å². The van der Waals surface area contributed by atoms with E-state index in [9.17, 15) is 18.0 Å². The number of pyridine rings is 1. The van der Waals surface area contributed by atoms with Gasteiger partial charge in [-0.25, -0.2) is 4.98 Å². The van der Waals surface area contributed by atoms with E-state index in [0.29, 0.717) is 42.1 Å². The van der Waals surface area contributed by atoms with Gasteiger partial charge in [-0.05, 0) is 39.8 Å². The Morgan fingerprint density at radius 2 is 2.00 bits per heavy atom. The number of oxime groups is 1. The van der Waals surface area contributed by atoms with Gasteiger partial charge in [-0.3, -0.25) is 23.6 Å². The zero-order chi connectivity index (χ0) is 35.2. The van der Waals surface area contributed by atoms with E-state index in [2.05, 4.69) is 24.8 Å². The number of nitrogens with two attached hydrogens (primary N) is 2. The van der Waals surface area contributed by atoms with Crippen molar-refractivity contribution >= 4 is 51.4 Å². The number of nitrogens with one attached hydrogen (secondary N) is 1. The van der Waals surface area contributed by atoms with E-state index in [4.69, 9.17) is 35.5 Å². The third kappa shape index (κ3) is 11.6. The first-order chi connectivity index (χ1) is 22.2. The molecule has 0 saturated carbocycles. The van der Waals surface area contributed by atoms with Gasteiger partial charge in [0.15, 0.2) is 17.5 Å². The Bertz CT molecular complexity index is 1630. The number of nitrogens with zero attached hydrogens (tertiary/aromatic N) is 6. The molecule has 0 aromatic carbocycles. The molecule has 0 aliphatic carbocycles. The van der Waals surface area contributed by atoms with Gasteiger partial charge in [0.05, 0.1) is 17.3 Å². The highest BCUT2D eigenvalue weighted by Crippen LogP contribution is 2.32. The highest BCUT2D eigenvalue weighted by Gasteiger charge is 2.57. The van der Waals surface area contributed by atoms with Crippen molar-refractivity contribution in [1.29, 1.82) is 0 Å². The second-order valence-electron chi connectivity index (χ2n) is 10.0. The van der Waals surface area contributed by atoms with Crippen LogP contribution in [-0.2, 0) is 47.5 Å². The van der Waals surface area contributed by atoms with Crippen LogP contribution in [0.1, 0.15) is 32.9 Å². The molecule has 0 bridgehead atoms. The minimum absolute atomic E-state index is 0.250. The zero-order valence-corrected chi connectivity index (χ0v) is 27.7. The number of hydroxylamine groups is 2. The van der Waals surface area contributed by atoms with Crippen molar-refractivity contribution in [3.05, 3.63) is 41.8 Å². The van der Waals surface area contributed by atoms with Gasteiger partial charge >= 0.3 is 10.4 Å². The number of amides is 2. The smallest absolute Gasteiger partial charge is 0.418 e. The maximum atomic E-state index is 11.2. The Labute approximate surface area is 274 Å². The molecule has 1 unspecified atom stereocenters. The fourth-order valence-corrected chi connectivity index (χ4v) is 5.06. The van der Waals surface area contributed by atoms with Crippen LogP contribution in [-0.4, -0.2) is 93.7 Å². The van der Waals surface area contributed by atoms with E-state index in [0.717, 1.165) is 35.7 Å². The molecule has 0 radical (unpaired) electrons. The first-order valence-electron chi connectivity index (χ1n) is 13.7. The monoisotopic (exact) mass is 700 g/mol. The number of carboxylic acid groups (broad SMARTS) is 1. The Hall–Kier alpha value is -4.70. The molecule has 2 amide bonds. The molecule has 47 heavy (non-hydrogen) atoms. The second kappa shape index (κ2) is 17.9. The number of hydrogen-bond acceptors (Lipinski definition) is 14. The summed E-state index contributed by atoms with van der Waals surface area (Å²) in [4.78, 5) is 39.2. The number of nitrogen functional groups attached to an aromatic ring is 1. The fraction of sp³-hybridized carbons (Fsp3) is 0.423. The zero-order valence-electron chi connectivity index (χ0n) is 26.0. The molecule has 1 fully saturated rings. The normalized spacial score (nSPS) is 15.3. The number of aryl methyl sites for hydroxylation is 2. The summed E-state index contributed by atoms with van der Waals surface area (Å²) in [6.07, 6.45) is 7.05. The Morgan fingerprint density at radius 1 is 1.30 bits per heavy atom. The molecule has 3 aromatic heterocycles. The molecule has 4 rings (SSSR count). The van der Waals surface area contributed by atoms with Crippen LogP contribution in [0.3, 0.4) is 0 Å². The fourth-order valence-electron chi connectivity index (χ4n) is 4.00. The van der Waals surface area contributed by atoms with Crippen molar-refractivity contribution in [3.63, 3.8) is 0 Å². The standard InChI is InChI=1S/C19H26N7O2S.C6H10N2O6S.CH2O2/c1-14(17-13-29-19(21)23-17)24-28-9-8-27-16-4-5-18(25(2)12-16)15-10-22-26(11-15)7-3-6-20;1-6(2)4(7-3-9)5(10)8(6)14-15(11,12)13;2-1-3/h4-5,10-13H,3,6-9,20H2,1-2H3,(H2,21,23);3-4H,1-2H3,(H,7,9)(H,11,12,13);1H,(H,2,3)/q+1;;/b24-14+;;. The van der Waals surface area contributed by atoms with Crippen LogP contribution in [0.25, 0.3) is 11.3 Å². The third-order valence-corrected chi connectivity index (χ3v) is 7.26. The second-order valence-corrected chi connectivity index (χ2v) is 11.9. The minimum Gasteiger partial charge on any atom is -0.484 e. The van der Waals surface area contributed by atoms with E-state index in [1.165, 1.54) is 25.2 Å². The minimum atomic E-state index is -4.74. The summed E-state index contributed by atoms with van der Waals surface area (Å²) in [6.45, 7) is 6.71. The third-order valence-electron chi connectivity index (χ3n) is 6.24. The highest BCUT2D eigenvalue weighted by molar-refractivity contribution is 7.80. The molecule has 0 spiro atoms. The topological polar surface area (TPSA) is 268 Å². The predicted octanol–water partition coefficient (Wildman–Crippen LogP) is -0.261. The maximum absolute atomic E-state index is 11.2. The van der Waals surface area contributed by atoms with Gasteiger partial charge in [0, 0.05) is 24.2 Å². The summed E-state index contributed by atoms with van der Waals surface area (Å²) >= 11 is 1.37. The van der Waals surface area contributed by atoms with Crippen molar-refractivity contribution in [1.82, 2.24) is 25.1 Å². The Morgan fingerprint density at radius 3 is 2.55 bits per heavy atom. The van der Waals surface area contributed by atoms with E-state index >= 15 is 0 Å². The van der Waals surface area contributed by atoms with Crippen molar-refractivity contribution in [2.75, 3.05) is 25.5 Å². The Kier molecular flexibility index (Phi) is 14.6. The predicted molar refractivity (Wildman–Crippen MR) is 168 cm³/mol. The molecule has 7 N–H and O–H groups in total. The van der Waals surface area contributed by atoms with E-state index in [1.54, 1.807) is 0 Å². The number of β-lactam (4-membered cyclic amide) rings is 1. The van der Waals surface area contributed by atoms with Crippen molar-refractivity contribution in [3.8, 4) is 17.0 Å². The van der Waals surface area contributed by atoms with E-state index < -0.39 is 27.9 Å². The van der Waals surface area contributed by atoms with Gasteiger partial charge in [0.2, 0.25) is 18.3 Å². The molecule has 19 nitrogen and oxygen atoms in total. The Balaban J connectivity index is 0.000000358. The molecule has 1 atom stereocenters. The van der Waals surface area contributed by atoms with Crippen LogP contribution in [0.4, 0.5) is 5.13 Å². The van der Waals surface area contributed by atoms with Crippen molar-refractivity contribution in [2.24, 2.45) is 17.9 Å². The molecule has 1 aliphatic rings. The van der Waals surface area contributed by atoms with Crippen molar-refractivity contribution < 1.29 is 50.9 Å². The van der Waals surface area contributed by atoms with E-state index in [1.807, 2.05) is 59.3 Å². The van der Waals surface area contributed by atoms with Gasteiger partial charge in [-0.2, -0.15) is 23.1 Å². The van der Waals surface area contributed by atoms with Crippen LogP contribution >= 0.6 is 11.3 Å². The average molecular weight is 701 g/mol. The lowest BCUT2D eigenvalue weighted by Gasteiger charge is -2.50. The number of carbonyl (C=O) groups excluding carboxylic acids is 2. The van der Waals surface area contributed by atoms with Gasteiger partial charge in [0.25, 0.3) is 12.4 Å². The number of aromatic nitrogens is 4. The lowest BCUT2D eigenvalue weighted by atomic mass is 9.85. The summed E-state index contributed by atoms with van der Waals surface area (Å²) in [5.41, 5.74) is 13.6. The van der Waals surface area contributed by atoms with Gasteiger partial charge in [0.1, 0.15) is 31.1 Å². The lowest BCUT2D eigenvalue weighted by molar-refractivity contribution is -0.660. The van der Waals surface area contributed by atoms with Gasteiger partial charge in [-0.1, -0.05) is 5.16 Å². The molecule has 1 saturated heterocycles. The molecule has 1 aliphatic heterocycles. The summed E-state index contributed by atoms with van der Waals surface area (Å²) in [5.74, 6) is 0.00748. The number of anilines is 1. The molecular weight excluding hydrogens is 662 g/mol. The van der Waals surface area contributed by atoms with Crippen LogP contribution in [0.5, 0.6) is 5.75 Å². The molecule has 258 valence electrons. The van der Waals surface area contributed by atoms with Crippen LogP contribution in [0.15, 0.2) is 41.3 Å². The summed E-state index contributed by atoms with van der Waals surface area (Å²) in [5, 5.41) is 20.4. The number of carbonyl (C=O) groups is 3. The van der Waals surface area contributed by atoms with Crippen LogP contribution < -0.4 is 26.1 Å². The molecule has 3 aromatic rings. The summed E-state index contributed by atoms with van der Waals surface area (Å²) in [6, 6.07) is 3.07. The first-order valence-corrected chi connectivity index (χ1v) is 15.9. The summed E-state index contributed by atoms with van der Waals surface area (Å²) in [7, 11) is -2.76. The SMILES string of the molecule is C/C(=N\OCCOc1ccc(-c2cnn(CCCN)c2)[n+](C)c1)c1csc(N)n1.CC1(C)C(NC=O)C(=O)N1OS(=O)(=O)O.O=CO. The maximum Gasteiger partial charge on any atom is 0.418 e. The molecular formula is C26H38N9O10S2+.